The number of β-amino-alcohol motifs (C(OH)–C–C–N with tert-alkyl or cyclic N) is 1. The lowest BCUT2D eigenvalue weighted by molar-refractivity contribution is -0.143. The smallest absolute Gasteiger partial charge is 0.391 e. The molecule has 0 spiro atoms. The Morgan fingerprint density at radius 2 is 1.43 bits per heavy atom. The van der Waals surface area contributed by atoms with Gasteiger partial charge in [-0.2, -0.15) is 26.3 Å². The summed E-state index contributed by atoms with van der Waals surface area (Å²) in [6, 6.07) is 15.0. The summed E-state index contributed by atoms with van der Waals surface area (Å²) in [6.45, 7) is -0.467. The quantitative estimate of drug-likeness (QED) is 0.286. The second-order valence-corrected chi connectivity index (χ2v) is 12.5. The van der Waals surface area contributed by atoms with E-state index in [1.807, 2.05) is 12.1 Å². The third kappa shape index (κ3) is 6.87. The summed E-state index contributed by atoms with van der Waals surface area (Å²) in [6.07, 6.45) is -9.45. The van der Waals surface area contributed by atoms with Crippen molar-refractivity contribution in [3.8, 4) is 0 Å². The number of alkyl halides is 6. The Labute approximate surface area is 277 Å². The van der Waals surface area contributed by atoms with E-state index in [-0.39, 0.29) is 45.1 Å². The summed E-state index contributed by atoms with van der Waals surface area (Å²) in [5, 5.41) is 11.3. The highest BCUT2D eigenvalue weighted by atomic mass is 19.4. The number of carbonyl (C=O) groups is 3. The Morgan fingerprint density at radius 1 is 0.796 bits per heavy atom. The number of benzene rings is 3. The number of aliphatic hydroxyl groups excluding tert-OH is 1. The summed E-state index contributed by atoms with van der Waals surface area (Å²) in [4.78, 5) is 45.6. The number of fused-ring (bicyclic) bond motifs is 1. The van der Waals surface area contributed by atoms with Crippen molar-refractivity contribution in [1.29, 1.82) is 0 Å². The number of hydrogen-bond donors (Lipinski definition) is 1. The molecule has 0 unspecified atom stereocenters. The average molecular weight is 687 g/mol. The largest absolute Gasteiger partial charge is 0.416 e. The number of aromatic nitrogens is 1. The molecule has 3 aromatic carbocycles. The molecule has 3 heterocycles. The second kappa shape index (κ2) is 12.9. The maximum Gasteiger partial charge on any atom is 0.416 e. The Morgan fingerprint density at radius 3 is 2.08 bits per heavy atom. The molecule has 0 aliphatic carbocycles. The molecule has 4 aromatic rings. The van der Waals surface area contributed by atoms with E-state index >= 15 is 0 Å². The van der Waals surface area contributed by atoms with Crippen LogP contribution in [-0.4, -0.2) is 86.5 Å². The van der Waals surface area contributed by atoms with Crippen molar-refractivity contribution in [1.82, 2.24) is 19.3 Å². The van der Waals surface area contributed by atoms with Crippen molar-refractivity contribution >= 4 is 28.6 Å². The summed E-state index contributed by atoms with van der Waals surface area (Å²) in [5.74, 6) is -1.95. The van der Waals surface area contributed by atoms with Gasteiger partial charge in [-0.3, -0.25) is 14.4 Å². The van der Waals surface area contributed by atoms with E-state index < -0.39 is 65.0 Å². The zero-order chi connectivity index (χ0) is 35.2. The molecule has 8 nitrogen and oxygen atoms in total. The van der Waals surface area contributed by atoms with Crippen LogP contribution in [0.3, 0.4) is 0 Å². The van der Waals surface area contributed by atoms with Crippen LogP contribution in [-0.2, 0) is 30.6 Å². The van der Waals surface area contributed by atoms with Gasteiger partial charge in [0.25, 0.3) is 11.8 Å². The maximum absolute atomic E-state index is 14.1. The van der Waals surface area contributed by atoms with Crippen molar-refractivity contribution in [2.45, 2.75) is 43.4 Å². The van der Waals surface area contributed by atoms with E-state index in [2.05, 4.69) is 0 Å². The van der Waals surface area contributed by atoms with Crippen LogP contribution in [0.4, 0.5) is 26.3 Å². The first-order valence-electron chi connectivity index (χ1n) is 15.6. The Bertz CT molecular complexity index is 1860. The van der Waals surface area contributed by atoms with Gasteiger partial charge in [-0.15, -0.1) is 0 Å². The number of aryl methyl sites for hydroxylation is 1. The predicted octanol–water partition coefficient (Wildman–Crippen LogP) is 5.39. The number of halogens is 6. The molecule has 6 rings (SSSR count). The van der Waals surface area contributed by atoms with Crippen LogP contribution in [0.15, 0.2) is 79.0 Å². The van der Waals surface area contributed by atoms with Gasteiger partial charge in [0.05, 0.1) is 28.8 Å². The summed E-state index contributed by atoms with van der Waals surface area (Å²) < 4.78 is 83.5. The molecular weight excluding hydrogens is 654 g/mol. The van der Waals surface area contributed by atoms with Gasteiger partial charge in [0, 0.05) is 62.3 Å². The number of aliphatic hydroxyl groups is 1. The zero-order valence-corrected chi connectivity index (χ0v) is 26.2. The molecule has 2 saturated heterocycles. The number of rotatable bonds is 5. The number of nitrogens with zero attached hydrogens (tertiary/aromatic N) is 4. The van der Waals surface area contributed by atoms with E-state index in [1.165, 1.54) is 14.7 Å². The first kappa shape index (κ1) is 34.0. The van der Waals surface area contributed by atoms with E-state index in [4.69, 9.17) is 0 Å². The fourth-order valence-electron chi connectivity index (χ4n) is 6.78. The van der Waals surface area contributed by atoms with Gasteiger partial charge in [-0.05, 0) is 36.2 Å². The molecule has 0 radical (unpaired) electrons. The fourth-order valence-corrected chi connectivity index (χ4v) is 6.78. The molecule has 3 amide bonds. The third-order valence-electron chi connectivity index (χ3n) is 9.16. The zero-order valence-electron chi connectivity index (χ0n) is 26.2. The van der Waals surface area contributed by atoms with Crippen LogP contribution in [0.2, 0.25) is 0 Å². The molecule has 2 aliphatic rings. The molecule has 0 bridgehead atoms. The number of para-hydroxylation sites is 1. The van der Waals surface area contributed by atoms with Gasteiger partial charge in [0.1, 0.15) is 6.04 Å². The molecule has 3 atom stereocenters. The van der Waals surface area contributed by atoms with Gasteiger partial charge in [0.2, 0.25) is 5.91 Å². The monoisotopic (exact) mass is 686 g/mol. The van der Waals surface area contributed by atoms with Crippen molar-refractivity contribution in [3.63, 3.8) is 0 Å². The molecule has 1 aromatic heterocycles. The summed E-state index contributed by atoms with van der Waals surface area (Å²) in [7, 11) is 1.79. The van der Waals surface area contributed by atoms with Crippen molar-refractivity contribution in [2.75, 3.05) is 26.2 Å². The number of hydrogen-bond acceptors (Lipinski definition) is 4. The van der Waals surface area contributed by atoms with Gasteiger partial charge < -0.3 is 24.4 Å². The standard InChI is InChI=1S/C35H32F6N4O4/c1-42-20-28(27-9-5-6-10-29(27)42)32(48)45-19-26(46)17-30(45)33(49)43-11-12-44(25(18-43)13-21-7-3-2-4-8-21)31(47)22-14-23(34(36,37)38)16-24(15-22)35(39,40)41/h2-10,14-16,20,25-26,30,46H,11-13,17-19H2,1H3/t25-,26-,30-/m1/s1. The van der Waals surface area contributed by atoms with Gasteiger partial charge in [-0.25, -0.2) is 0 Å². The minimum absolute atomic E-state index is 0.0255. The molecular formula is C35H32F6N4O4. The number of piperazine rings is 1. The molecule has 2 aliphatic heterocycles. The van der Waals surface area contributed by atoms with Gasteiger partial charge >= 0.3 is 12.4 Å². The fraction of sp³-hybridized carbons (Fsp3) is 0.343. The lowest BCUT2D eigenvalue weighted by Gasteiger charge is -2.43. The molecule has 14 heteroatoms. The van der Waals surface area contributed by atoms with Crippen LogP contribution in [0.25, 0.3) is 10.9 Å². The third-order valence-corrected chi connectivity index (χ3v) is 9.16. The van der Waals surface area contributed by atoms with E-state index in [9.17, 15) is 45.8 Å². The maximum atomic E-state index is 14.1. The van der Waals surface area contributed by atoms with Crippen molar-refractivity contribution in [3.05, 3.63) is 107 Å². The first-order chi connectivity index (χ1) is 23.1. The minimum atomic E-state index is -5.13. The van der Waals surface area contributed by atoms with Crippen LogP contribution in [0.1, 0.15) is 43.8 Å². The number of carbonyl (C=O) groups excluding carboxylic acids is 3. The normalized spacial score (nSPS) is 20.2. The topological polar surface area (TPSA) is 86.1 Å². The predicted molar refractivity (Wildman–Crippen MR) is 166 cm³/mol. The second-order valence-electron chi connectivity index (χ2n) is 12.5. The summed E-state index contributed by atoms with van der Waals surface area (Å²) in [5.41, 5.74) is -2.08. The number of likely N-dealkylation sites (tertiary alicyclic amines) is 1. The van der Waals surface area contributed by atoms with Crippen molar-refractivity contribution < 1.29 is 45.8 Å². The molecule has 1 N–H and O–H groups in total. The highest BCUT2D eigenvalue weighted by molar-refractivity contribution is 6.08. The average Bonchev–Trinajstić information content (AvgIpc) is 3.63. The van der Waals surface area contributed by atoms with Gasteiger partial charge in [0.15, 0.2) is 0 Å². The molecule has 2 fully saturated rings. The Hall–Kier alpha value is -4.85. The van der Waals surface area contributed by atoms with Crippen LogP contribution >= 0.6 is 0 Å². The van der Waals surface area contributed by atoms with E-state index in [0.29, 0.717) is 23.1 Å². The lowest BCUT2D eigenvalue weighted by Crippen LogP contribution is -2.60. The van der Waals surface area contributed by atoms with Crippen molar-refractivity contribution in [2.24, 2.45) is 7.05 Å². The minimum Gasteiger partial charge on any atom is -0.391 e. The number of amides is 3. The SMILES string of the molecule is Cn1cc(C(=O)N2C[C@H](O)C[C@@H]2C(=O)N2CCN(C(=O)c3cc(C(F)(F)F)cc(C(F)(F)F)c3)[C@H](Cc3ccccc3)C2)c2ccccc21. The highest BCUT2D eigenvalue weighted by Crippen LogP contribution is 2.37. The Kier molecular flexibility index (Phi) is 8.94. The molecule has 258 valence electrons. The molecule has 49 heavy (non-hydrogen) atoms. The molecule has 0 saturated carbocycles. The van der Waals surface area contributed by atoms with Gasteiger partial charge in [-0.1, -0.05) is 48.5 Å². The lowest BCUT2D eigenvalue weighted by atomic mass is 9.98. The van der Waals surface area contributed by atoms with Crippen LogP contribution in [0, 0.1) is 0 Å². The highest BCUT2D eigenvalue weighted by Gasteiger charge is 2.44. The van der Waals surface area contributed by atoms with Crippen LogP contribution in [0.5, 0.6) is 0 Å². The van der Waals surface area contributed by atoms with Crippen LogP contribution < -0.4 is 0 Å². The van der Waals surface area contributed by atoms with E-state index in [0.717, 1.165) is 11.1 Å². The Balaban J connectivity index is 1.29. The summed E-state index contributed by atoms with van der Waals surface area (Å²) >= 11 is 0. The van der Waals surface area contributed by atoms with E-state index in [1.54, 1.807) is 60.3 Å². The first-order valence-corrected chi connectivity index (χ1v) is 15.6.